The molecule has 7 heteroatoms. The van der Waals surface area contributed by atoms with E-state index >= 15 is 0 Å². The molecule has 0 aliphatic rings. The Bertz CT molecular complexity index is 524. The first kappa shape index (κ1) is 10.1. The van der Waals surface area contributed by atoms with Gasteiger partial charge in [0.2, 0.25) is 0 Å². The van der Waals surface area contributed by atoms with Gasteiger partial charge < -0.3 is 10.8 Å². The highest BCUT2D eigenvalue weighted by atomic mass is 79.9. The van der Waals surface area contributed by atoms with Gasteiger partial charge in [-0.15, -0.1) is 5.10 Å². The first-order valence-electron chi connectivity index (χ1n) is 4.09. The second kappa shape index (κ2) is 3.59. The monoisotopic (exact) mass is 270 g/mol. The van der Waals surface area contributed by atoms with Crippen molar-refractivity contribution in [3.05, 3.63) is 28.6 Å². The molecule has 0 spiro atoms. The van der Waals surface area contributed by atoms with E-state index in [-0.39, 0.29) is 5.82 Å². The molecule has 6 nitrogen and oxygen atoms in total. The zero-order valence-electron chi connectivity index (χ0n) is 7.46. The van der Waals surface area contributed by atoms with E-state index in [4.69, 9.17) is 10.8 Å². The van der Waals surface area contributed by atoms with Crippen LogP contribution in [0.3, 0.4) is 0 Å². The van der Waals surface area contributed by atoms with Crippen molar-refractivity contribution in [3.8, 4) is 0 Å². The van der Waals surface area contributed by atoms with Crippen LogP contribution in [0.2, 0.25) is 0 Å². The van der Waals surface area contributed by atoms with E-state index in [0.717, 1.165) is 0 Å². The van der Waals surface area contributed by atoms with Gasteiger partial charge in [0.05, 0.1) is 0 Å². The second-order valence-corrected chi connectivity index (χ2v) is 3.72. The number of fused-ring (bicyclic) bond motifs is 1. The molecule has 78 valence electrons. The van der Waals surface area contributed by atoms with Gasteiger partial charge in [0, 0.05) is 0 Å². The van der Waals surface area contributed by atoms with Gasteiger partial charge in [0.25, 0.3) is 0 Å². The van der Waals surface area contributed by atoms with Gasteiger partial charge in [0.15, 0.2) is 17.5 Å². The molecule has 0 saturated carbocycles. The van der Waals surface area contributed by atoms with Crippen LogP contribution in [0, 0.1) is 0 Å². The van der Waals surface area contributed by atoms with Crippen molar-refractivity contribution in [2.75, 3.05) is 0 Å². The number of halogens is 1. The quantitative estimate of drug-likeness (QED) is 0.779. The first-order chi connectivity index (χ1) is 7.09. The third-order valence-electron chi connectivity index (χ3n) is 1.87. The number of aliphatic carboxylic acids is 1. The normalized spacial score (nSPS) is 12.9. The summed E-state index contributed by atoms with van der Waals surface area (Å²) in [4.78, 5) is 14.6. The van der Waals surface area contributed by atoms with Crippen LogP contribution in [0.5, 0.6) is 0 Å². The molecular weight excluding hydrogens is 264 g/mol. The Kier molecular flexibility index (Phi) is 2.41. The van der Waals surface area contributed by atoms with Crippen molar-refractivity contribution in [3.63, 3.8) is 0 Å². The summed E-state index contributed by atoms with van der Waals surface area (Å²) in [5, 5.41) is 12.7. The second-order valence-electron chi connectivity index (χ2n) is 2.90. The molecule has 0 aromatic carbocycles. The molecule has 0 fully saturated rings. The molecule has 2 aromatic heterocycles. The van der Waals surface area contributed by atoms with Crippen molar-refractivity contribution in [1.82, 2.24) is 14.6 Å². The zero-order chi connectivity index (χ0) is 11.0. The zero-order valence-corrected chi connectivity index (χ0v) is 9.05. The summed E-state index contributed by atoms with van der Waals surface area (Å²) >= 11 is 3.27. The minimum atomic E-state index is -1.20. The van der Waals surface area contributed by atoms with E-state index in [9.17, 15) is 4.79 Å². The first-order valence-corrected chi connectivity index (χ1v) is 4.88. The third-order valence-corrected chi connectivity index (χ3v) is 2.47. The lowest BCUT2D eigenvalue weighted by molar-refractivity contribution is -0.138. The highest BCUT2D eigenvalue weighted by molar-refractivity contribution is 9.10. The highest BCUT2D eigenvalue weighted by Crippen LogP contribution is 2.14. The molecule has 2 aromatic rings. The van der Waals surface area contributed by atoms with Crippen molar-refractivity contribution in [2.45, 2.75) is 6.04 Å². The Morgan fingerprint density at radius 3 is 2.93 bits per heavy atom. The van der Waals surface area contributed by atoms with Crippen LogP contribution in [0.1, 0.15) is 11.9 Å². The summed E-state index contributed by atoms with van der Waals surface area (Å²) in [5.41, 5.74) is 5.95. The topological polar surface area (TPSA) is 93.5 Å². The van der Waals surface area contributed by atoms with Crippen LogP contribution >= 0.6 is 15.9 Å². The summed E-state index contributed by atoms with van der Waals surface area (Å²) in [5.74, 6) is -1.06. The van der Waals surface area contributed by atoms with E-state index in [1.165, 1.54) is 4.52 Å². The van der Waals surface area contributed by atoms with E-state index < -0.39 is 12.0 Å². The van der Waals surface area contributed by atoms with Crippen LogP contribution in [0.15, 0.2) is 22.8 Å². The van der Waals surface area contributed by atoms with E-state index in [2.05, 4.69) is 26.0 Å². The van der Waals surface area contributed by atoms with E-state index in [1.54, 1.807) is 18.2 Å². The van der Waals surface area contributed by atoms with Crippen LogP contribution in [0.25, 0.3) is 5.65 Å². The summed E-state index contributed by atoms with van der Waals surface area (Å²) in [7, 11) is 0. The molecule has 0 aliphatic carbocycles. The minimum absolute atomic E-state index is 0.0920. The average Bonchev–Trinajstić information content (AvgIpc) is 2.61. The molecule has 0 radical (unpaired) electrons. The number of hydrogen-bond donors (Lipinski definition) is 2. The largest absolute Gasteiger partial charge is 0.480 e. The van der Waals surface area contributed by atoms with Crippen molar-refractivity contribution < 1.29 is 9.90 Å². The lowest BCUT2D eigenvalue weighted by Crippen LogP contribution is -2.22. The van der Waals surface area contributed by atoms with Gasteiger partial charge in [-0.2, -0.15) is 0 Å². The van der Waals surface area contributed by atoms with Gasteiger partial charge in [-0.1, -0.05) is 6.07 Å². The third kappa shape index (κ3) is 1.71. The fraction of sp³-hybridized carbons (Fsp3) is 0.125. The molecule has 1 atom stereocenters. The molecule has 1 unspecified atom stereocenters. The van der Waals surface area contributed by atoms with Crippen LogP contribution in [-0.2, 0) is 4.79 Å². The van der Waals surface area contributed by atoms with Gasteiger partial charge >= 0.3 is 5.97 Å². The molecule has 0 saturated heterocycles. The SMILES string of the molecule is NC(C(=O)O)c1nc2cccc(Br)n2n1. The fourth-order valence-electron chi connectivity index (χ4n) is 1.13. The minimum Gasteiger partial charge on any atom is -0.480 e. The number of carbonyl (C=O) groups is 1. The lowest BCUT2D eigenvalue weighted by atomic mass is 10.3. The summed E-state index contributed by atoms with van der Waals surface area (Å²) < 4.78 is 2.18. The maximum Gasteiger partial charge on any atom is 0.328 e. The average molecular weight is 271 g/mol. The Hall–Kier alpha value is -1.47. The molecule has 0 aliphatic heterocycles. The number of carboxylic acid groups (broad SMARTS) is 1. The summed E-state index contributed by atoms with van der Waals surface area (Å²) in [6.07, 6.45) is 0. The molecule has 0 bridgehead atoms. The predicted molar refractivity (Wildman–Crippen MR) is 55.3 cm³/mol. The molecule has 3 N–H and O–H groups in total. The number of nitrogens with zero attached hydrogens (tertiary/aromatic N) is 3. The number of nitrogens with two attached hydrogens (primary N) is 1. The Morgan fingerprint density at radius 1 is 1.60 bits per heavy atom. The Balaban J connectivity index is 2.56. The number of carboxylic acids is 1. The van der Waals surface area contributed by atoms with Crippen molar-refractivity contribution in [1.29, 1.82) is 0 Å². The molecule has 0 amide bonds. The number of aromatic nitrogens is 3. The highest BCUT2D eigenvalue weighted by Gasteiger charge is 2.19. The summed E-state index contributed by atoms with van der Waals surface area (Å²) in [6.45, 7) is 0. The van der Waals surface area contributed by atoms with Crippen LogP contribution < -0.4 is 5.73 Å². The van der Waals surface area contributed by atoms with Gasteiger partial charge in [-0.25, -0.2) is 9.50 Å². The number of pyridine rings is 1. The van der Waals surface area contributed by atoms with Crippen molar-refractivity contribution >= 4 is 27.5 Å². The standard InChI is InChI=1S/C8H7BrN4O2/c9-4-2-1-3-5-11-7(12-13(4)5)6(10)8(14)15/h1-3,6H,10H2,(H,14,15). The Labute approximate surface area is 92.9 Å². The van der Waals surface area contributed by atoms with Gasteiger partial charge in [-0.3, -0.25) is 4.79 Å². The van der Waals surface area contributed by atoms with Gasteiger partial charge in [-0.05, 0) is 28.1 Å². The molecule has 2 heterocycles. The number of rotatable bonds is 2. The van der Waals surface area contributed by atoms with E-state index in [0.29, 0.717) is 10.3 Å². The predicted octanol–water partition coefficient (Wildman–Crippen LogP) is 0.576. The van der Waals surface area contributed by atoms with Crippen molar-refractivity contribution in [2.24, 2.45) is 5.73 Å². The maximum absolute atomic E-state index is 10.6. The maximum atomic E-state index is 10.6. The van der Waals surface area contributed by atoms with Gasteiger partial charge in [0.1, 0.15) is 4.60 Å². The smallest absolute Gasteiger partial charge is 0.328 e. The lowest BCUT2D eigenvalue weighted by Gasteiger charge is -1.98. The fourth-order valence-corrected chi connectivity index (χ4v) is 1.55. The molecular formula is C8H7BrN4O2. The summed E-state index contributed by atoms with van der Waals surface area (Å²) in [6, 6.07) is 4.08. The van der Waals surface area contributed by atoms with Crippen LogP contribution in [0.4, 0.5) is 0 Å². The molecule has 2 rings (SSSR count). The number of hydrogen-bond acceptors (Lipinski definition) is 4. The van der Waals surface area contributed by atoms with E-state index in [1.807, 2.05) is 0 Å². The van der Waals surface area contributed by atoms with Crippen LogP contribution in [-0.4, -0.2) is 25.7 Å². The molecule has 15 heavy (non-hydrogen) atoms. The Morgan fingerprint density at radius 2 is 2.33 bits per heavy atom.